The molecule has 1 aliphatic heterocycles. The van der Waals surface area contributed by atoms with Crippen LogP contribution in [0.25, 0.3) is 0 Å². The summed E-state index contributed by atoms with van der Waals surface area (Å²) in [5, 5.41) is 20.9. The number of carbonyl (C=O) groups is 2. The van der Waals surface area contributed by atoms with Gasteiger partial charge >= 0.3 is 16.8 Å². The van der Waals surface area contributed by atoms with Gasteiger partial charge in [0.05, 0.1) is 54.4 Å². The summed E-state index contributed by atoms with van der Waals surface area (Å²) in [6.07, 6.45) is 7.77. The van der Waals surface area contributed by atoms with E-state index in [9.17, 15) is 38.3 Å². The Bertz CT molecular complexity index is 2170. The van der Waals surface area contributed by atoms with Crippen molar-refractivity contribution in [3.8, 4) is 11.5 Å². The number of hydrogen-bond donors (Lipinski definition) is 4. The zero-order valence-corrected chi connectivity index (χ0v) is 35.7. The van der Waals surface area contributed by atoms with Gasteiger partial charge in [-0.25, -0.2) is 14.1 Å². The van der Waals surface area contributed by atoms with Crippen molar-refractivity contribution in [1.82, 2.24) is 14.7 Å². The minimum Gasteiger partial charge on any atom is -0.778 e. The molecule has 2 heterocycles. The van der Waals surface area contributed by atoms with E-state index in [1.165, 1.54) is 25.3 Å². The maximum absolute atomic E-state index is 14.3. The van der Waals surface area contributed by atoms with Crippen molar-refractivity contribution in [3.63, 3.8) is 0 Å². The number of nitrogens with zero attached hydrogens (tertiary/aromatic N) is 4. The Labute approximate surface area is 347 Å². The van der Waals surface area contributed by atoms with Crippen molar-refractivity contribution in [2.75, 3.05) is 50.2 Å². The molecule has 0 bridgehead atoms. The predicted molar refractivity (Wildman–Crippen MR) is 220 cm³/mol. The summed E-state index contributed by atoms with van der Waals surface area (Å²) in [4.78, 5) is 66.3. The Morgan fingerprint density at radius 3 is 2.32 bits per heavy atom. The summed E-state index contributed by atoms with van der Waals surface area (Å²) >= 11 is 14.1. The Morgan fingerprint density at radius 2 is 1.75 bits per heavy atom. The number of aromatic nitrogens is 2. The number of rotatable bonds is 11. The van der Waals surface area contributed by atoms with Crippen LogP contribution in [0.1, 0.15) is 12.8 Å². The molecule has 4 aromatic rings. The molecule has 0 amide bonds. The first-order chi connectivity index (χ1) is 26.7. The average molecular weight is 914 g/mol. The number of nitrogens with two attached hydrogens (primary N) is 1. The number of carbonyl (C=O) groups excluding carboxylic acids is 1. The van der Waals surface area contributed by atoms with E-state index < -0.39 is 43.1 Å². The van der Waals surface area contributed by atoms with E-state index in [1.807, 2.05) is 11.4 Å². The molecule has 1 unspecified atom stereocenters. The maximum Gasteiger partial charge on any atom is 0.325 e. The van der Waals surface area contributed by atoms with E-state index in [0.717, 1.165) is 42.0 Å². The zero-order valence-electron chi connectivity index (χ0n) is 30.9. The Balaban J connectivity index is 0.000000305. The van der Waals surface area contributed by atoms with Crippen LogP contribution in [0.2, 0.25) is 10.0 Å². The predicted octanol–water partition coefficient (Wildman–Crippen LogP) is 5.08. The van der Waals surface area contributed by atoms with Gasteiger partial charge in [-0.05, 0) is 65.4 Å². The van der Waals surface area contributed by atoms with E-state index in [2.05, 4.69) is 28.5 Å². The number of carboxylic acid groups (broad SMARTS) is 1. The third-order valence-corrected chi connectivity index (χ3v) is 9.90. The fourth-order valence-electron chi connectivity index (χ4n) is 4.15. The Kier molecular flexibility index (Phi) is 20.8. The molecule has 1 atom stereocenters. The van der Waals surface area contributed by atoms with Gasteiger partial charge in [0, 0.05) is 24.1 Å². The molecule has 3 aromatic carbocycles. The largest absolute Gasteiger partial charge is 0.778 e. The van der Waals surface area contributed by atoms with Gasteiger partial charge in [0.2, 0.25) is 4.80 Å². The van der Waals surface area contributed by atoms with Crippen LogP contribution < -0.4 is 30.4 Å². The number of nitro benzene ring substituents is 1. The van der Waals surface area contributed by atoms with E-state index in [4.69, 9.17) is 43.7 Å². The average Bonchev–Trinajstić information content (AvgIpc) is 3.45. The zero-order chi connectivity index (χ0) is 42.9. The fraction of sp³-hybridized carbons (Fsp3) is 0.333. The molecule has 0 saturated carbocycles. The van der Waals surface area contributed by atoms with Gasteiger partial charge in [-0.1, -0.05) is 41.4 Å². The van der Waals surface area contributed by atoms with Gasteiger partial charge in [-0.15, -0.1) is 11.8 Å². The molecule has 0 aliphatic carbocycles. The monoisotopic (exact) mass is 912 g/mol. The third kappa shape index (κ3) is 17.6. The molecule has 57 heavy (non-hydrogen) atoms. The summed E-state index contributed by atoms with van der Waals surface area (Å²) in [5.74, 6) is -1.24. The lowest BCUT2D eigenvalue weighted by Gasteiger charge is -2.15. The van der Waals surface area contributed by atoms with Gasteiger partial charge in [0.1, 0.15) is 41.3 Å². The van der Waals surface area contributed by atoms with Gasteiger partial charge in [0.15, 0.2) is 0 Å². The number of benzene rings is 3. The summed E-state index contributed by atoms with van der Waals surface area (Å²) in [7, 11) is -2.41. The van der Waals surface area contributed by atoms with Crippen LogP contribution in [0.5, 0.6) is 11.5 Å². The first-order valence-electron chi connectivity index (χ1n) is 16.2. The van der Waals surface area contributed by atoms with Crippen LogP contribution in [0.4, 0.5) is 21.5 Å². The first-order valence-corrected chi connectivity index (χ1v) is 22.9. The lowest BCUT2D eigenvalue weighted by Crippen LogP contribution is -2.31. The highest BCUT2D eigenvalue weighted by atomic mass is 35.5. The van der Waals surface area contributed by atoms with Crippen molar-refractivity contribution in [1.29, 1.82) is 0 Å². The first kappa shape index (κ1) is 49.2. The summed E-state index contributed by atoms with van der Waals surface area (Å²) in [6, 6.07) is 14.3. The van der Waals surface area contributed by atoms with Gasteiger partial charge < -0.3 is 34.7 Å². The number of hydrogen-bond acceptors (Lipinski definition) is 14. The minimum absolute atomic E-state index is 0.0352. The normalized spacial score (nSPS) is 13.0. The number of nitrogens with one attached hydrogen (secondary N) is 1. The molecule has 1 aliphatic rings. The maximum atomic E-state index is 14.3. The number of halogens is 3. The molecular weight excluding hydrogens is 873 g/mol. The topological polar surface area (TPSA) is 254 Å². The molecule has 0 fully saturated rings. The summed E-state index contributed by atoms with van der Waals surface area (Å²) in [6.45, 7) is 0.845. The number of fused-ring (bicyclic) bond motifs is 1. The molecule has 0 radical (unpaired) electrons. The molecular formula is C33H40Cl2FN6O11PS3. The highest BCUT2D eigenvalue weighted by molar-refractivity contribution is 8.00. The standard InChI is InChI=1S/C15H15ClFN3O3S2.C12H9ClN2O3.C3H8NO5P.C3H9S/c1-23-13(21)8-24-12-7-11(10(17)6-9(12)16)18-14-19-4-2-3-5-20(19)15(22)25-14;13-11-10(18-8-4-2-1-3-5-8)7-6-9(12(11)14)15(16)17;5-3(6)1-4-2-10(7,8)9;1-4(2)3/h6-7H,2-5,8H2,1H3;1-7H,14H2;4H,1-2H2,(H,5,6)(H2,7,8,9);1-3H3/q;;;+1/p-1. The number of methoxy groups -OCH3 is 1. The highest BCUT2D eigenvalue weighted by Gasteiger charge is 2.19. The molecule has 312 valence electrons. The molecule has 1 aromatic heterocycles. The molecule has 24 heteroatoms. The van der Waals surface area contributed by atoms with Gasteiger partial charge in [-0.3, -0.25) is 34.5 Å². The molecule has 5 N–H and O–H groups in total. The molecule has 5 rings (SSSR count). The van der Waals surface area contributed by atoms with Crippen molar-refractivity contribution in [2.45, 2.75) is 30.8 Å². The number of para-hydroxylation sites is 1. The van der Waals surface area contributed by atoms with Crippen LogP contribution in [-0.4, -0.2) is 80.7 Å². The number of anilines is 1. The quantitative estimate of drug-likeness (QED) is 0.0292. The summed E-state index contributed by atoms with van der Waals surface area (Å²) in [5.41, 5.74) is 5.33. The lowest BCUT2D eigenvalue weighted by atomic mass is 10.2. The van der Waals surface area contributed by atoms with Crippen LogP contribution in [0.15, 0.2) is 69.3 Å². The van der Waals surface area contributed by atoms with Gasteiger partial charge in [-0.2, -0.15) is 0 Å². The summed E-state index contributed by atoms with van der Waals surface area (Å²) < 4.78 is 37.7. The SMILES string of the molecule is COC(=O)CSc1cc(N=c2sc(=O)n3n2CCCC3)c(F)cc1Cl.C[S+](C)C.Nc1c([N+](=O)[O-])ccc(Oc2ccccc2)c1Cl.O=C(O)CNCP(=O)([O-])O. The number of esters is 1. The second kappa shape index (κ2) is 24.1. The number of nitro groups is 1. The van der Waals surface area contributed by atoms with Crippen LogP contribution in [-0.2, 0) is 42.9 Å². The molecule has 17 nitrogen and oxygen atoms in total. The van der Waals surface area contributed by atoms with E-state index >= 15 is 0 Å². The molecule has 0 saturated heterocycles. The van der Waals surface area contributed by atoms with Crippen molar-refractivity contribution in [3.05, 3.63) is 95.0 Å². The van der Waals surface area contributed by atoms with E-state index in [-0.39, 0.29) is 43.5 Å². The van der Waals surface area contributed by atoms with Crippen molar-refractivity contribution < 1.29 is 47.8 Å². The van der Waals surface area contributed by atoms with Crippen molar-refractivity contribution in [2.24, 2.45) is 4.99 Å². The van der Waals surface area contributed by atoms with Crippen LogP contribution in [0, 0.1) is 15.9 Å². The Morgan fingerprint density at radius 1 is 1.14 bits per heavy atom. The highest BCUT2D eigenvalue weighted by Crippen LogP contribution is 2.39. The van der Waals surface area contributed by atoms with Crippen LogP contribution >= 0.6 is 53.9 Å². The second-order valence-corrected chi connectivity index (χ2v) is 18.4. The number of nitrogen functional groups attached to an aromatic ring is 1. The number of ether oxygens (including phenoxy) is 2. The third-order valence-electron chi connectivity index (χ3n) is 6.56. The second-order valence-electron chi connectivity index (χ2n) is 11.6. The van der Waals surface area contributed by atoms with Crippen LogP contribution in [0.3, 0.4) is 0 Å². The fourth-order valence-corrected chi connectivity index (χ4v) is 6.73. The number of aliphatic carboxylic acids is 1. The minimum atomic E-state index is -4.35. The van der Waals surface area contributed by atoms with Crippen molar-refractivity contribution >= 4 is 93.8 Å². The number of thioether (sulfide) groups is 1. The number of carboxylic acids is 1. The Hall–Kier alpha value is -3.92. The van der Waals surface area contributed by atoms with E-state index in [0.29, 0.717) is 39.4 Å². The smallest absolute Gasteiger partial charge is 0.325 e. The van der Waals surface area contributed by atoms with Gasteiger partial charge in [0.25, 0.3) is 5.69 Å². The van der Waals surface area contributed by atoms with E-state index in [1.54, 1.807) is 33.6 Å². The lowest BCUT2D eigenvalue weighted by molar-refractivity contribution is -0.383. The molecule has 0 spiro atoms.